The second-order valence-electron chi connectivity index (χ2n) is 6.91. The third-order valence-corrected chi connectivity index (χ3v) is 3.93. The van der Waals surface area contributed by atoms with Crippen molar-refractivity contribution in [3.63, 3.8) is 0 Å². The number of benzene rings is 2. The Labute approximate surface area is 171 Å². The number of hydrazone groups is 1. The van der Waals surface area contributed by atoms with E-state index in [1.165, 1.54) is 6.21 Å². The van der Waals surface area contributed by atoms with Crippen molar-refractivity contribution in [1.29, 1.82) is 0 Å². The zero-order valence-corrected chi connectivity index (χ0v) is 17.4. The smallest absolute Gasteiger partial charge is 0.249 e. The van der Waals surface area contributed by atoms with Crippen LogP contribution in [0.2, 0.25) is 0 Å². The summed E-state index contributed by atoms with van der Waals surface area (Å²) in [6, 6.07) is 11.0. The number of carbonyl (C=O) groups is 2. The van der Waals surface area contributed by atoms with Crippen LogP contribution in [0.4, 0.5) is 5.69 Å². The zero-order chi connectivity index (χ0) is 21.4. The van der Waals surface area contributed by atoms with Gasteiger partial charge in [-0.2, -0.15) is 5.10 Å². The Morgan fingerprint density at radius 2 is 1.83 bits per heavy atom. The molecule has 0 fully saturated rings. The highest BCUT2D eigenvalue weighted by atomic mass is 16.5. The van der Waals surface area contributed by atoms with E-state index in [1.807, 2.05) is 45.9 Å². The third kappa shape index (κ3) is 6.95. The predicted octanol–water partition coefficient (Wildman–Crippen LogP) is 3.58. The van der Waals surface area contributed by atoms with Gasteiger partial charge in [-0.05, 0) is 63.1 Å². The van der Waals surface area contributed by atoms with Crippen LogP contribution in [0, 0.1) is 13.8 Å². The molecule has 0 aliphatic rings. The van der Waals surface area contributed by atoms with Gasteiger partial charge in [0.05, 0.1) is 19.4 Å². The number of nitrogens with zero attached hydrogens (tertiary/aromatic N) is 1. The molecule has 2 rings (SSSR count). The van der Waals surface area contributed by atoms with Crippen molar-refractivity contribution in [1.82, 2.24) is 5.43 Å². The first kappa shape index (κ1) is 21.9. The van der Waals surface area contributed by atoms with Gasteiger partial charge in [0, 0.05) is 5.69 Å². The molecule has 0 atom stereocenters. The fraction of sp³-hybridized carbons (Fsp3) is 0.318. The Hall–Kier alpha value is -3.35. The first-order chi connectivity index (χ1) is 13.8. The summed E-state index contributed by atoms with van der Waals surface area (Å²) in [6.45, 7) is 7.74. The number of ether oxygens (including phenoxy) is 2. The summed E-state index contributed by atoms with van der Waals surface area (Å²) in [7, 11) is 1.56. The molecule has 7 nitrogen and oxygen atoms in total. The molecule has 0 saturated carbocycles. The first-order valence-corrected chi connectivity index (χ1v) is 9.32. The maximum Gasteiger partial charge on any atom is 0.249 e. The maximum absolute atomic E-state index is 12.0. The Morgan fingerprint density at radius 3 is 2.48 bits per heavy atom. The highest BCUT2D eigenvalue weighted by Gasteiger charge is 2.10. The van der Waals surface area contributed by atoms with Crippen molar-refractivity contribution in [2.24, 2.45) is 5.10 Å². The molecule has 0 spiro atoms. The lowest BCUT2D eigenvalue weighted by Crippen LogP contribution is -2.24. The maximum atomic E-state index is 12.0. The van der Waals surface area contributed by atoms with Crippen LogP contribution in [0.5, 0.6) is 11.5 Å². The molecule has 0 bridgehead atoms. The first-order valence-electron chi connectivity index (χ1n) is 9.32. The quantitative estimate of drug-likeness (QED) is 0.405. The molecular weight excluding hydrogens is 370 g/mol. The van der Waals surface area contributed by atoms with Gasteiger partial charge < -0.3 is 14.8 Å². The van der Waals surface area contributed by atoms with Crippen molar-refractivity contribution >= 4 is 23.7 Å². The molecule has 0 unspecified atom stereocenters. The van der Waals surface area contributed by atoms with E-state index < -0.39 is 11.8 Å². The molecule has 29 heavy (non-hydrogen) atoms. The van der Waals surface area contributed by atoms with Gasteiger partial charge in [-0.1, -0.05) is 17.7 Å². The van der Waals surface area contributed by atoms with E-state index >= 15 is 0 Å². The van der Waals surface area contributed by atoms with Crippen LogP contribution in [0.25, 0.3) is 0 Å². The summed E-state index contributed by atoms with van der Waals surface area (Å²) in [6.07, 6.45) is 1.18. The normalized spacial score (nSPS) is 10.8. The SMILES string of the molecule is COc1cc(C=NNC(=O)CC(=O)Nc2ccc(C)cc2C)ccc1OC(C)C. The van der Waals surface area contributed by atoms with Crippen LogP contribution in [0.1, 0.15) is 37.0 Å². The summed E-state index contributed by atoms with van der Waals surface area (Å²) in [5, 5.41) is 6.63. The molecule has 154 valence electrons. The number of methoxy groups -OCH3 is 1. The van der Waals surface area contributed by atoms with E-state index in [9.17, 15) is 9.59 Å². The van der Waals surface area contributed by atoms with E-state index in [0.29, 0.717) is 17.2 Å². The fourth-order valence-corrected chi connectivity index (χ4v) is 2.63. The topological polar surface area (TPSA) is 89.0 Å². The second-order valence-corrected chi connectivity index (χ2v) is 6.91. The molecule has 7 heteroatoms. The standard InChI is InChI=1S/C22H27N3O4/c1-14(2)29-19-9-7-17(11-20(19)28-5)13-23-25-22(27)12-21(26)24-18-8-6-15(3)10-16(18)4/h6-11,13-14H,12H2,1-5H3,(H,24,26)(H,25,27). The molecule has 0 saturated heterocycles. The number of aryl methyl sites for hydroxylation is 2. The Morgan fingerprint density at radius 1 is 1.07 bits per heavy atom. The van der Waals surface area contributed by atoms with E-state index in [0.717, 1.165) is 16.7 Å². The molecule has 2 aromatic rings. The monoisotopic (exact) mass is 397 g/mol. The minimum absolute atomic E-state index is 0.0255. The summed E-state index contributed by atoms with van der Waals surface area (Å²) in [4.78, 5) is 24.0. The van der Waals surface area contributed by atoms with Crippen LogP contribution in [-0.4, -0.2) is 31.2 Å². The number of hydrogen-bond acceptors (Lipinski definition) is 5. The van der Waals surface area contributed by atoms with Gasteiger partial charge in [0.15, 0.2) is 11.5 Å². The number of rotatable bonds is 8. The number of carbonyl (C=O) groups excluding carboxylic acids is 2. The Kier molecular flexibility index (Phi) is 7.77. The number of anilines is 1. The summed E-state index contributed by atoms with van der Waals surface area (Å²) >= 11 is 0. The summed E-state index contributed by atoms with van der Waals surface area (Å²) in [5.74, 6) is 0.297. The lowest BCUT2D eigenvalue weighted by Gasteiger charge is -2.13. The largest absolute Gasteiger partial charge is 0.493 e. The van der Waals surface area contributed by atoms with Crippen LogP contribution in [0.15, 0.2) is 41.5 Å². The van der Waals surface area contributed by atoms with Gasteiger partial charge in [0.1, 0.15) is 6.42 Å². The van der Waals surface area contributed by atoms with Gasteiger partial charge in [-0.3, -0.25) is 9.59 Å². The molecule has 2 N–H and O–H groups in total. The van der Waals surface area contributed by atoms with Crippen molar-refractivity contribution < 1.29 is 19.1 Å². The minimum Gasteiger partial charge on any atom is -0.493 e. The van der Waals surface area contributed by atoms with E-state index in [2.05, 4.69) is 15.8 Å². The van der Waals surface area contributed by atoms with Gasteiger partial charge in [-0.25, -0.2) is 5.43 Å². The van der Waals surface area contributed by atoms with Gasteiger partial charge >= 0.3 is 0 Å². The highest BCUT2D eigenvalue weighted by Crippen LogP contribution is 2.28. The van der Waals surface area contributed by atoms with Crippen molar-refractivity contribution in [2.75, 3.05) is 12.4 Å². The van der Waals surface area contributed by atoms with E-state index in [1.54, 1.807) is 25.3 Å². The molecule has 0 aliphatic carbocycles. The Balaban J connectivity index is 1.89. The minimum atomic E-state index is -0.504. The average molecular weight is 397 g/mol. The van der Waals surface area contributed by atoms with Gasteiger partial charge in [-0.15, -0.1) is 0 Å². The molecule has 0 heterocycles. The number of nitrogens with one attached hydrogen (secondary N) is 2. The zero-order valence-electron chi connectivity index (χ0n) is 17.4. The predicted molar refractivity (Wildman–Crippen MR) is 114 cm³/mol. The lowest BCUT2D eigenvalue weighted by atomic mass is 10.1. The summed E-state index contributed by atoms with van der Waals surface area (Å²) < 4.78 is 11.0. The highest BCUT2D eigenvalue weighted by molar-refractivity contribution is 6.04. The van der Waals surface area contributed by atoms with Crippen LogP contribution >= 0.6 is 0 Å². The van der Waals surface area contributed by atoms with Crippen molar-refractivity contribution in [3.05, 3.63) is 53.1 Å². The average Bonchev–Trinajstić information content (AvgIpc) is 2.64. The van der Waals surface area contributed by atoms with Gasteiger partial charge in [0.2, 0.25) is 11.8 Å². The fourth-order valence-electron chi connectivity index (χ4n) is 2.63. The molecular formula is C22H27N3O4. The molecule has 2 amide bonds. The molecule has 0 aromatic heterocycles. The summed E-state index contributed by atoms with van der Waals surface area (Å²) in [5.41, 5.74) is 5.81. The van der Waals surface area contributed by atoms with Crippen LogP contribution < -0.4 is 20.2 Å². The van der Waals surface area contributed by atoms with E-state index in [-0.39, 0.29) is 12.5 Å². The molecule has 0 radical (unpaired) electrons. The van der Waals surface area contributed by atoms with Crippen molar-refractivity contribution in [3.8, 4) is 11.5 Å². The van der Waals surface area contributed by atoms with E-state index in [4.69, 9.17) is 9.47 Å². The Bertz CT molecular complexity index is 907. The van der Waals surface area contributed by atoms with Crippen LogP contribution in [0.3, 0.4) is 0 Å². The third-order valence-electron chi connectivity index (χ3n) is 3.93. The number of amides is 2. The second kappa shape index (κ2) is 10.3. The van der Waals surface area contributed by atoms with Crippen molar-refractivity contribution in [2.45, 2.75) is 40.2 Å². The lowest BCUT2D eigenvalue weighted by molar-refractivity contribution is -0.126. The number of hydrogen-bond donors (Lipinski definition) is 2. The molecule has 0 aliphatic heterocycles. The van der Waals surface area contributed by atoms with Gasteiger partial charge in [0.25, 0.3) is 0 Å². The molecule has 2 aromatic carbocycles. The van der Waals surface area contributed by atoms with Crippen LogP contribution in [-0.2, 0) is 9.59 Å².